The molecule has 0 unspecified atom stereocenters. The van der Waals surface area contributed by atoms with Crippen LogP contribution in [0.1, 0.15) is 27.8 Å². The minimum atomic E-state index is -0.350. The molecule has 1 heteroatoms. The summed E-state index contributed by atoms with van der Waals surface area (Å²) in [6.45, 7) is 2.14. The molecule has 0 radical (unpaired) electrons. The van der Waals surface area contributed by atoms with E-state index >= 15 is 0 Å². The minimum absolute atomic E-state index is 0.350. The summed E-state index contributed by atoms with van der Waals surface area (Å²) in [6.07, 6.45) is 0. The van der Waals surface area contributed by atoms with Gasteiger partial charge in [0.25, 0.3) is 0 Å². The van der Waals surface area contributed by atoms with E-state index in [1.165, 1.54) is 38.9 Å². The van der Waals surface area contributed by atoms with Crippen molar-refractivity contribution in [3.8, 4) is 11.1 Å². The van der Waals surface area contributed by atoms with Gasteiger partial charge in [-0.1, -0.05) is 91.0 Å². The fraction of sp³-hybridized carbons (Fsp3) is 0.0741. The molecule has 0 saturated carbocycles. The summed E-state index contributed by atoms with van der Waals surface area (Å²) < 4.78 is 0. The standard InChI is InChI=1S/C27H19N/c1-18-15-16-24-25(17-18)28-26(19-9-3-2-4-10-19)27(24)22-13-7-5-11-20(22)21-12-6-8-14-23(21)27/h2-17H,1H3. The van der Waals surface area contributed by atoms with Crippen LogP contribution in [-0.4, -0.2) is 5.71 Å². The highest BCUT2D eigenvalue weighted by molar-refractivity contribution is 6.20. The van der Waals surface area contributed by atoms with Crippen molar-refractivity contribution in [3.63, 3.8) is 0 Å². The highest BCUT2D eigenvalue weighted by atomic mass is 14.8. The van der Waals surface area contributed by atoms with Gasteiger partial charge in [0.1, 0.15) is 0 Å². The van der Waals surface area contributed by atoms with Crippen LogP contribution in [0, 0.1) is 6.92 Å². The highest BCUT2D eigenvalue weighted by Gasteiger charge is 2.52. The quantitative estimate of drug-likeness (QED) is 0.371. The number of hydrogen-bond acceptors (Lipinski definition) is 1. The van der Waals surface area contributed by atoms with Gasteiger partial charge in [0, 0.05) is 0 Å². The minimum Gasteiger partial charge on any atom is -0.251 e. The topological polar surface area (TPSA) is 12.4 Å². The highest BCUT2D eigenvalue weighted by Crippen LogP contribution is 2.58. The molecule has 0 N–H and O–H groups in total. The van der Waals surface area contributed by atoms with Crippen LogP contribution in [0.25, 0.3) is 11.1 Å². The molecular weight excluding hydrogens is 338 g/mol. The first-order chi connectivity index (χ1) is 13.8. The van der Waals surface area contributed by atoms with Crippen LogP contribution in [0.5, 0.6) is 0 Å². The monoisotopic (exact) mass is 357 g/mol. The van der Waals surface area contributed by atoms with E-state index in [-0.39, 0.29) is 5.41 Å². The number of benzene rings is 4. The first-order valence-corrected chi connectivity index (χ1v) is 9.75. The van der Waals surface area contributed by atoms with Crippen molar-refractivity contribution in [2.75, 3.05) is 0 Å². The number of nitrogens with zero attached hydrogens (tertiary/aromatic N) is 1. The lowest BCUT2D eigenvalue weighted by Crippen LogP contribution is -2.34. The molecule has 2 aliphatic rings. The largest absolute Gasteiger partial charge is 0.251 e. The number of rotatable bonds is 1. The predicted molar refractivity (Wildman–Crippen MR) is 116 cm³/mol. The van der Waals surface area contributed by atoms with Crippen molar-refractivity contribution in [2.45, 2.75) is 12.3 Å². The van der Waals surface area contributed by atoms with Gasteiger partial charge in [-0.2, -0.15) is 0 Å². The van der Waals surface area contributed by atoms with Crippen LogP contribution < -0.4 is 0 Å². The Kier molecular flexibility index (Phi) is 3.08. The zero-order valence-electron chi connectivity index (χ0n) is 15.7. The Morgan fingerprint density at radius 2 is 1.21 bits per heavy atom. The molecule has 4 aromatic carbocycles. The summed E-state index contributed by atoms with van der Waals surface area (Å²) in [5, 5.41) is 0. The molecule has 1 aliphatic heterocycles. The first-order valence-electron chi connectivity index (χ1n) is 9.75. The maximum Gasteiger partial charge on any atom is 0.0912 e. The molecule has 0 saturated heterocycles. The van der Waals surface area contributed by atoms with Crippen LogP contribution in [0.3, 0.4) is 0 Å². The van der Waals surface area contributed by atoms with Crippen LogP contribution in [-0.2, 0) is 5.41 Å². The van der Waals surface area contributed by atoms with Crippen molar-refractivity contribution < 1.29 is 0 Å². The fourth-order valence-corrected chi connectivity index (χ4v) is 5.04. The molecule has 0 aromatic heterocycles. The Labute approximate surface area is 165 Å². The zero-order chi connectivity index (χ0) is 18.7. The molecule has 1 aliphatic carbocycles. The van der Waals surface area contributed by atoms with Crippen molar-refractivity contribution in [3.05, 3.63) is 125 Å². The van der Waals surface area contributed by atoms with E-state index in [0.717, 1.165) is 11.4 Å². The molecule has 6 rings (SSSR count). The summed E-state index contributed by atoms with van der Waals surface area (Å²) >= 11 is 0. The van der Waals surface area contributed by atoms with E-state index in [1.54, 1.807) is 0 Å². The number of aryl methyl sites for hydroxylation is 1. The van der Waals surface area contributed by atoms with Gasteiger partial charge in [0.05, 0.1) is 16.8 Å². The average Bonchev–Trinajstić information content (AvgIpc) is 3.24. The Hall–Kier alpha value is -3.45. The third kappa shape index (κ3) is 1.83. The Morgan fingerprint density at radius 3 is 1.89 bits per heavy atom. The lowest BCUT2D eigenvalue weighted by atomic mass is 9.68. The van der Waals surface area contributed by atoms with Gasteiger partial charge >= 0.3 is 0 Å². The van der Waals surface area contributed by atoms with E-state index in [2.05, 4.69) is 104 Å². The molecular formula is C27H19N. The molecule has 0 fully saturated rings. The van der Waals surface area contributed by atoms with E-state index in [4.69, 9.17) is 4.99 Å². The Bertz CT molecular complexity index is 1220. The molecule has 0 amide bonds. The lowest BCUT2D eigenvalue weighted by molar-refractivity contribution is 0.881. The van der Waals surface area contributed by atoms with Crippen molar-refractivity contribution in [2.24, 2.45) is 4.99 Å². The maximum absolute atomic E-state index is 5.23. The number of aliphatic imine (C=N–C) groups is 1. The first kappa shape index (κ1) is 15.6. The Balaban J connectivity index is 1.79. The number of hydrogen-bond donors (Lipinski definition) is 0. The van der Waals surface area contributed by atoms with Crippen LogP contribution in [0.2, 0.25) is 0 Å². The predicted octanol–water partition coefficient (Wildman–Crippen LogP) is 6.44. The molecule has 1 heterocycles. The molecule has 132 valence electrons. The van der Waals surface area contributed by atoms with Gasteiger partial charge in [0.2, 0.25) is 0 Å². The normalized spacial score (nSPS) is 15.1. The van der Waals surface area contributed by atoms with Gasteiger partial charge in [-0.05, 0) is 51.9 Å². The zero-order valence-corrected chi connectivity index (χ0v) is 15.7. The second-order valence-electron chi connectivity index (χ2n) is 7.69. The van der Waals surface area contributed by atoms with Crippen molar-refractivity contribution in [1.29, 1.82) is 0 Å². The SMILES string of the molecule is Cc1ccc2c(c1)N=C(c1ccccc1)C21c2ccccc2-c2ccccc21. The summed E-state index contributed by atoms with van der Waals surface area (Å²) in [4.78, 5) is 5.23. The number of fused-ring (bicyclic) bond motifs is 7. The van der Waals surface area contributed by atoms with Gasteiger partial charge in [-0.3, -0.25) is 4.99 Å². The van der Waals surface area contributed by atoms with E-state index in [1.807, 2.05) is 0 Å². The molecule has 4 aromatic rings. The van der Waals surface area contributed by atoms with Crippen molar-refractivity contribution in [1.82, 2.24) is 0 Å². The van der Waals surface area contributed by atoms with Gasteiger partial charge in [0.15, 0.2) is 0 Å². The van der Waals surface area contributed by atoms with E-state index in [0.29, 0.717) is 0 Å². The van der Waals surface area contributed by atoms with E-state index in [9.17, 15) is 0 Å². The second-order valence-corrected chi connectivity index (χ2v) is 7.69. The van der Waals surface area contributed by atoms with Crippen LogP contribution >= 0.6 is 0 Å². The second kappa shape index (κ2) is 5.53. The van der Waals surface area contributed by atoms with Crippen LogP contribution in [0.4, 0.5) is 5.69 Å². The molecule has 0 bridgehead atoms. The summed E-state index contributed by atoms with van der Waals surface area (Å²) in [7, 11) is 0. The van der Waals surface area contributed by atoms with Gasteiger partial charge in [-0.15, -0.1) is 0 Å². The fourth-order valence-electron chi connectivity index (χ4n) is 5.04. The van der Waals surface area contributed by atoms with Crippen molar-refractivity contribution >= 4 is 11.4 Å². The van der Waals surface area contributed by atoms with Gasteiger partial charge < -0.3 is 0 Å². The maximum atomic E-state index is 5.23. The molecule has 1 spiro atoms. The summed E-state index contributed by atoms with van der Waals surface area (Å²) in [5.74, 6) is 0. The summed E-state index contributed by atoms with van der Waals surface area (Å²) in [5.41, 5.74) is 10.9. The van der Waals surface area contributed by atoms with Crippen LogP contribution in [0.15, 0.2) is 102 Å². The molecule has 0 atom stereocenters. The smallest absolute Gasteiger partial charge is 0.0912 e. The lowest BCUT2D eigenvalue weighted by Gasteiger charge is -2.30. The van der Waals surface area contributed by atoms with E-state index < -0.39 is 0 Å². The summed E-state index contributed by atoms with van der Waals surface area (Å²) in [6, 6.07) is 35.0. The third-order valence-electron chi connectivity index (χ3n) is 6.14. The molecule has 28 heavy (non-hydrogen) atoms. The average molecular weight is 357 g/mol. The third-order valence-corrected chi connectivity index (χ3v) is 6.14. The van der Waals surface area contributed by atoms with Gasteiger partial charge in [-0.25, -0.2) is 0 Å². The Morgan fingerprint density at radius 1 is 0.607 bits per heavy atom. The molecule has 1 nitrogen and oxygen atoms in total.